The number of azide groups is 1. The van der Waals surface area contributed by atoms with Crippen LogP contribution >= 0.6 is 15.9 Å². The zero-order valence-electron chi connectivity index (χ0n) is 7.55. The van der Waals surface area contributed by atoms with Crippen LogP contribution in [0.5, 0.6) is 0 Å². The second kappa shape index (κ2) is 6.24. The third kappa shape index (κ3) is 3.64. The molecule has 0 heterocycles. The molecule has 0 saturated carbocycles. The summed E-state index contributed by atoms with van der Waals surface area (Å²) in [6.45, 7) is 0. The zero-order chi connectivity index (χ0) is 10.2. The van der Waals surface area contributed by atoms with Gasteiger partial charge in [-0.3, -0.25) is 0 Å². The first kappa shape index (κ1) is 10.8. The van der Waals surface area contributed by atoms with Crippen LogP contribution in [0.15, 0.2) is 41.5 Å². The third-order valence-electron chi connectivity index (χ3n) is 1.67. The van der Waals surface area contributed by atoms with Crippen molar-refractivity contribution in [1.29, 1.82) is 0 Å². The van der Waals surface area contributed by atoms with Crippen LogP contribution in [-0.4, -0.2) is 11.4 Å². The first-order valence-electron chi connectivity index (χ1n) is 4.20. The lowest BCUT2D eigenvalue weighted by atomic mass is 10.2. The number of hydrogen-bond donors (Lipinski definition) is 0. The summed E-state index contributed by atoms with van der Waals surface area (Å²) in [6, 6.07) is 9.77. The van der Waals surface area contributed by atoms with Gasteiger partial charge in [0.15, 0.2) is 0 Å². The van der Waals surface area contributed by atoms with Gasteiger partial charge in [-0.15, -0.1) is 0 Å². The minimum Gasteiger partial charge on any atom is -0.0920 e. The summed E-state index contributed by atoms with van der Waals surface area (Å²) in [7, 11) is 0. The van der Waals surface area contributed by atoms with E-state index in [0.29, 0.717) is 5.33 Å². The molecule has 1 aromatic carbocycles. The smallest absolute Gasteiger partial charge is 0.0655 e. The summed E-state index contributed by atoms with van der Waals surface area (Å²) < 4.78 is 0. The van der Waals surface area contributed by atoms with Crippen LogP contribution in [0.4, 0.5) is 0 Å². The Balaban J connectivity index is 2.67. The van der Waals surface area contributed by atoms with E-state index in [2.05, 4.69) is 26.0 Å². The van der Waals surface area contributed by atoms with Crippen LogP contribution in [0.1, 0.15) is 5.56 Å². The minimum absolute atomic E-state index is 0.125. The minimum atomic E-state index is -0.125. The Morgan fingerprint density at radius 3 is 2.71 bits per heavy atom. The Labute approximate surface area is 91.2 Å². The third-order valence-corrected chi connectivity index (χ3v) is 2.33. The summed E-state index contributed by atoms with van der Waals surface area (Å²) in [5.74, 6) is 0. The Morgan fingerprint density at radius 2 is 2.14 bits per heavy atom. The van der Waals surface area contributed by atoms with Gasteiger partial charge < -0.3 is 0 Å². The lowest BCUT2D eigenvalue weighted by molar-refractivity contribution is 0.936. The van der Waals surface area contributed by atoms with E-state index in [1.165, 1.54) is 0 Å². The van der Waals surface area contributed by atoms with Gasteiger partial charge in [0, 0.05) is 10.2 Å². The molecule has 14 heavy (non-hydrogen) atoms. The maximum atomic E-state index is 8.27. The van der Waals surface area contributed by atoms with Gasteiger partial charge in [0.05, 0.1) is 6.04 Å². The van der Waals surface area contributed by atoms with Crippen LogP contribution in [0.25, 0.3) is 16.5 Å². The topological polar surface area (TPSA) is 48.8 Å². The molecule has 0 N–H and O–H groups in total. The number of nitrogens with zero attached hydrogens (tertiary/aromatic N) is 3. The molecule has 0 aliphatic heterocycles. The molecular weight excluding hydrogens is 242 g/mol. The molecule has 4 heteroatoms. The van der Waals surface area contributed by atoms with Crippen molar-refractivity contribution in [3.8, 4) is 0 Å². The molecule has 1 rings (SSSR count). The van der Waals surface area contributed by atoms with Gasteiger partial charge >= 0.3 is 0 Å². The normalized spacial score (nSPS) is 12.4. The molecule has 0 amide bonds. The number of benzene rings is 1. The Bertz CT molecular complexity index is 342. The Kier molecular flexibility index (Phi) is 4.83. The van der Waals surface area contributed by atoms with E-state index in [0.717, 1.165) is 5.56 Å². The van der Waals surface area contributed by atoms with Crippen LogP contribution in [0.2, 0.25) is 0 Å². The van der Waals surface area contributed by atoms with Gasteiger partial charge in [-0.25, -0.2) is 0 Å². The van der Waals surface area contributed by atoms with Crippen LogP contribution in [0.3, 0.4) is 0 Å². The van der Waals surface area contributed by atoms with Gasteiger partial charge in [-0.2, -0.15) is 0 Å². The summed E-state index contributed by atoms with van der Waals surface area (Å²) in [5, 5.41) is 4.24. The molecular formula is C10H10BrN3. The standard InChI is InChI=1S/C10H10BrN3/c11-8-10(13-14-12)7-6-9-4-2-1-3-5-9/h1-7,10H,8H2/b7-6+. The van der Waals surface area contributed by atoms with Crippen molar-refractivity contribution in [2.75, 3.05) is 5.33 Å². The van der Waals surface area contributed by atoms with Crippen molar-refractivity contribution < 1.29 is 0 Å². The highest BCUT2D eigenvalue weighted by atomic mass is 79.9. The fourth-order valence-electron chi connectivity index (χ4n) is 0.973. The molecule has 0 aliphatic rings. The second-order valence-electron chi connectivity index (χ2n) is 2.70. The molecule has 0 aliphatic carbocycles. The summed E-state index contributed by atoms with van der Waals surface area (Å²) in [5.41, 5.74) is 9.37. The quantitative estimate of drug-likeness (QED) is 0.339. The highest BCUT2D eigenvalue weighted by Gasteiger charge is 1.96. The van der Waals surface area contributed by atoms with Crippen molar-refractivity contribution >= 4 is 22.0 Å². The average molecular weight is 252 g/mol. The van der Waals surface area contributed by atoms with Crippen molar-refractivity contribution in [2.24, 2.45) is 5.11 Å². The fraction of sp³-hybridized carbons (Fsp3) is 0.200. The maximum absolute atomic E-state index is 8.27. The molecule has 1 atom stereocenters. The van der Waals surface area contributed by atoms with Crippen LogP contribution in [-0.2, 0) is 0 Å². The molecule has 0 saturated heterocycles. The monoisotopic (exact) mass is 251 g/mol. The van der Waals surface area contributed by atoms with Crippen molar-refractivity contribution in [2.45, 2.75) is 6.04 Å². The van der Waals surface area contributed by atoms with E-state index >= 15 is 0 Å². The van der Waals surface area contributed by atoms with E-state index in [9.17, 15) is 0 Å². The van der Waals surface area contributed by atoms with Gasteiger partial charge in [0.2, 0.25) is 0 Å². The van der Waals surface area contributed by atoms with Gasteiger partial charge in [0.1, 0.15) is 0 Å². The highest BCUT2D eigenvalue weighted by molar-refractivity contribution is 9.09. The molecule has 1 unspecified atom stereocenters. The predicted molar refractivity (Wildman–Crippen MR) is 62.2 cm³/mol. The van der Waals surface area contributed by atoms with E-state index in [1.54, 1.807) is 0 Å². The van der Waals surface area contributed by atoms with E-state index in [-0.39, 0.29) is 6.04 Å². The SMILES string of the molecule is [N-]=[N+]=NC(/C=C/c1ccccc1)CBr. The Morgan fingerprint density at radius 1 is 1.43 bits per heavy atom. The highest BCUT2D eigenvalue weighted by Crippen LogP contribution is 2.05. The number of halogens is 1. The number of hydrogen-bond acceptors (Lipinski definition) is 1. The molecule has 1 aromatic rings. The van der Waals surface area contributed by atoms with Crippen LogP contribution < -0.4 is 0 Å². The van der Waals surface area contributed by atoms with Crippen LogP contribution in [0, 0.1) is 0 Å². The fourth-order valence-corrected chi connectivity index (χ4v) is 1.32. The molecule has 0 fully saturated rings. The lowest BCUT2D eigenvalue weighted by Gasteiger charge is -1.98. The van der Waals surface area contributed by atoms with E-state index < -0.39 is 0 Å². The van der Waals surface area contributed by atoms with E-state index in [1.807, 2.05) is 42.5 Å². The average Bonchev–Trinajstić information content (AvgIpc) is 2.25. The molecule has 0 aromatic heterocycles. The number of alkyl halides is 1. The first-order chi connectivity index (χ1) is 6.86. The van der Waals surface area contributed by atoms with Gasteiger partial charge in [0.25, 0.3) is 0 Å². The number of rotatable bonds is 4. The second-order valence-corrected chi connectivity index (χ2v) is 3.34. The van der Waals surface area contributed by atoms with Gasteiger partial charge in [-0.1, -0.05) is 63.5 Å². The summed E-state index contributed by atoms with van der Waals surface area (Å²) >= 11 is 3.27. The molecule has 0 spiro atoms. The maximum Gasteiger partial charge on any atom is 0.0655 e. The lowest BCUT2D eigenvalue weighted by Crippen LogP contribution is -1.98. The molecule has 3 nitrogen and oxygen atoms in total. The van der Waals surface area contributed by atoms with Crippen molar-refractivity contribution in [3.63, 3.8) is 0 Å². The van der Waals surface area contributed by atoms with Gasteiger partial charge in [-0.05, 0) is 11.1 Å². The van der Waals surface area contributed by atoms with Crippen molar-refractivity contribution in [1.82, 2.24) is 0 Å². The molecule has 0 bridgehead atoms. The van der Waals surface area contributed by atoms with Crippen molar-refractivity contribution in [3.05, 3.63) is 52.4 Å². The Hall–Kier alpha value is -1.25. The zero-order valence-corrected chi connectivity index (χ0v) is 9.13. The molecule has 0 radical (unpaired) electrons. The van der Waals surface area contributed by atoms with E-state index in [4.69, 9.17) is 5.53 Å². The molecule has 72 valence electrons. The predicted octanol–water partition coefficient (Wildman–Crippen LogP) is 3.77. The largest absolute Gasteiger partial charge is 0.0920 e. The first-order valence-corrected chi connectivity index (χ1v) is 5.32. The summed E-state index contributed by atoms with van der Waals surface area (Å²) in [4.78, 5) is 2.76. The summed E-state index contributed by atoms with van der Waals surface area (Å²) in [6.07, 6.45) is 3.82.